The number of hydrogen-bond donors (Lipinski definition) is 1. The van der Waals surface area contributed by atoms with E-state index in [4.69, 9.17) is 0 Å². The summed E-state index contributed by atoms with van der Waals surface area (Å²) in [5, 5.41) is 3.25. The van der Waals surface area contributed by atoms with Gasteiger partial charge >= 0.3 is 0 Å². The van der Waals surface area contributed by atoms with Crippen LogP contribution in [0.3, 0.4) is 0 Å². The standard InChI is InChI=1S/C18H18BrN3O3S2/c1-11(2)22(3)27(24,25)14-7-4-12(5-8-14)17(23)21-18-20-15-9-6-13(19)10-16(15)26-18/h4-11H,1-3H3,(H,20,21,23). The van der Waals surface area contributed by atoms with E-state index in [9.17, 15) is 13.2 Å². The van der Waals surface area contributed by atoms with Gasteiger partial charge in [-0.3, -0.25) is 10.1 Å². The van der Waals surface area contributed by atoms with Gasteiger partial charge in [0.25, 0.3) is 5.91 Å². The number of carbonyl (C=O) groups excluding carboxylic acids is 1. The first kappa shape index (κ1) is 19.9. The molecule has 0 unspecified atom stereocenters. The Labute approximate surface area is 170 Å². The van der Waals surface area contributed by atoms with Crippen molar-refractivity contribution in [3.05, 3.63) is 52.5 Å². The SMILES string of the molecule is CC(C)N(C)S(=O)(=O)c1ccc(C(=O)Nc2nc3ccc(Br)cc3s2)cc1. The number of nitrogens with one attached hydrogen (secondary N) is 1. The highest BCUT2D eigenvalue weighted by atomic mass is 79.9. The Morgan fingerprint density at radius 1 is 1.19 bits per heavy atom. The second-order valence-electron chi connectivity index (χ2n) is 6.22. The lowest BCUT2D eigenvalue weighted by Crippen LogP contribution is -2.33. The van der Waals surface area contributed by atoms with Gasteiger partial charge in [0.2, 0.25) is 10.0 Å². The quantitative estimate of drug-likeness (QED) is 0.604. The summed E-state index contributed by atoms with van der Waals surface area (Å²) in [5.74, 6) is -0.339. The summed E-state index contributed by atoms with van der Waals surface area (Å²) in [5.41, 5.74) is 1.17. The molecule has 3 aromatic rings. The summed E-state index contributed by atoms with van der Waals surface area (Å²) < 4.78 is 28.2. The Bertz CT molecular complexity index is 1090. The smallest absolute Gasteiger partial charge is 0.257 e. The number of nitrogens with zero attached hydrogens (tertiary/aromatic N) is 2. The molecule has 3 rings (SSSR count). The highest BCUT2D eigenvalue weighted by molar-refractivity contribution is 9.10. The molecule has 1 aromatic heterocycles. The molecule has 1 heterocycles. The first-order valence-corrected chi connectivity index (χ1v) is 11.2. The molecule has 0 spiro atoms. The summed E-state index contributed by atoms with van der Waals surface area (Å²) in [4.78, 5) is 17.0. The van der Waals surface area contributed by atoms with E-state index in [1.54, 1.807) is 13.8 Å². The second-order valence-corrected chi connectivity index (χ2v) is 10.2. The van der Waals surface area contributed by atoms with Crippen molar-refractivity contribution in [2.45, 2.75) is 24.8 Å². The van der Waals surface area contributed by atoms with E-state index in [0.717, 1.165) is 14.7 Å². The molecular weight excluding hydrogens is 450 g/mol. The molecule has 142 valence electrons. The molecule has 0 saturated heterocycles. The molecule has 0 aliphatic rings. The third-order valence-corrected chi connectivity index (χ3v) is 7.57. The Morgan fingerprint density at radius 3 is 2.48 bits per heavy atom. The molecule has 0 aliphatic heterocycles. The molecule has 0 fully saturated rings. The monoisotopic (exact) mass is 467 g/mol. The molecule has 0 radical (unpaired) electrons. The van der Waals surface area contributed by atoms with Gasteiger partial charge < -0.3 is 0 Å². The van der Waals surface area contributed by atoms with Crippen LogP contribution in [0.15, 0.2) is 51.8 Å². The molecule has 2 aromatic carbocycles. The maximum Gasteiger partial charge on any atom is 0.257 e. The van der Waals surface area contributed by atoms with Crippen molar-refractivity contribution < 1.29 is 13.2 Å². The Kier molecular flexibility index (Phi) is 5.66. The number of hydrogen-bond acceptors (Lipinski definition) is 5. The summed E-state index contributed by atoms with van der Waals surface area (Å²) in [6.07, 6.45) is 0. The highest BCUT2D eigenvalue weighted by Gasteiger charge is 2.23. The largest absolute Gasteiger partial charge is 0.298 e. The van der Waals surface area contributed by atoms with Crippen LogP contribution in [0.2, 0.25) is 0 Å². The van der Waals surface area contributed by atoms with E-state index in [0.29, 0.717) is 10.7 Å². The van der Waals surface area contributed by atoms with Crippen LogP contribution in [0.5, 0.6) is 0 Å². The predicted octanol–water partition coefficient (Wildman–Crippen LogP) is 4.34. The van der Waals surface area contributed by atoms with E-state index in [2.05, 4.69) is 26.2 Å². The van der Waals surface area contributed by atoms with E-state index in [-0.39, 0.29) is 16.8 Å². The minimum Gasteiger partial charge on any atom is -0.298 e. The molecule has 1 N–H and O–H groups in total. The zero-order valence-electron chi connectivity index (χ0n) is 14.9. The minimum absolute atomic E-state index is 0.153. The van der Waals surface area contributed by atoms with Gasteiger partial charge in [0.1, 0.15) is 0 Å². The molecule has 9 heteroatoms. The van der Waals surface area contributed by atoms with Crippen LogP contribution in [-0.2, 0) is 10.0 Å². The van der Waals surface area contributed by atoms with Crippen LogP contribution in [0.4, 0.5) is 5.13 Å². The number of thiazole rings is 1. The third-order valence-electron chi connectivity index (χ3n) is 4.09. The molecule has 27 heavy (non-hydrogen) atoms. The van der Waals surface area contributed by atoms with Crippen molar-refractivity contribution in [3.63, 3.8) is 0 Å². The topological polar surface area (TPSA) is 79.4 Å². The number of aromatic nitrogens is 1. The molecule has 0 saturated carbocycles. The fourth-order valence-corrected chi connectivity index (χ4v) is 5.12. The molecule has 6 nitrogen and oxygen atoms in total. The predicted molar refractivity (Wildman–Crippen MR) is 112 cm³/mol. The Hall–Kier alpha value is -1.81. The lowest BCUT2D eigenvalue weighted by atomic mass is 10.2. The van der Waals surface area contributed by atoms with E-state index >= 15 is 0 Å². The Balaban J connectivity index is 1.79. The highest BCUT2D eigenvalue weighted by Crippen LogP contribution is 2.28. The van der Waals surface area contributed by atoms with Crippen molar-refractivity contribution in [1.82, 2.24) is 9.29 Å². The molecule has 1 amide bonds. The third kappa shape index (κ3) is 4.21. The average molecular weight is 468 g/mol. The molecule has 0 aliphatic carbocycles. The van der Waals surface area contributed by atoms with Crippen LogP contribution >= 0.6 is 27.3 Å². The number of halogens is 1. The van der Waals surface area contributed by atoms with E-state index < -0.39 is 10.0 Å². The first-order chi connectivity index (χ1) is 12.7. The van der Waals surface area contributed by atoms with Crippen molar-refractivity contribution in [3.8, 4) is 0 Å². The number of rotatable bonds is 5. The van der Waals surface area contributed by atoms with Crippen LogP contribution < -0.4 is 5.32 Å². The number of benzene rings is 2. The van der Waals surface area contributed by atoms with Crippen molar-refractivity contribution in [1.29, 1.82) is 0 Å². The van der Waals surface area contributed by atoms with Gasteiger partial charge in [0.05, 0.1) is 15.1 Å². The Morgan fingerprint density at radius 2 is 1.85 bits per heavy atom. The minimum atomic E-state index is -3.57. The van der Waals surface area contributed by atoms with Crippen molar-refractivity contribution >= 4 is 58.5 Å². The van der Waals surface area contributed by atoms with Crippen LogP contribution in [0, 0.1) is 0 Å². The summed E-state index contributed by atoms with van der Waals surface area (Å²) >= 11 is 4.78. The first-order valence-electron chi connectivity index (χ1n) is 8.14. The molecular formula is C18H18BrN3O3S2. The van der Waals surface area contributed by atoms with E-state index in [1.807, 2.05) is 18.2 Å². The summed E-state index contributed by atoms with van der Waals surface area (Å²) in [6, 6.07) is 11.4. The number of anilines is 1. The van der Waals surface area contributed by atoms with Gasteiger partial charge in [-0.2, -0.15) is 4.31 Å². The van der Waals surface area contributed by atoms with Crippen LogP contribution in [0.1, 0.15) is 24.2 Å². The lowest BCUT2D eigenvalue weighted by molar-refractivity contribution is 0.102. The van der Waals surface area contributed by atoms with Gasteiger partial charge in [-0.25, -0.2) is 13.4 Å². The van der Waals surface area contributed by atoms with Gasteiger partial charge in [0, 0.05) is 23.1 Å². The van der Waals surface area contributed by atoms with Crippen LogP contribution in [0.25, 0.3) is 10.2 Å². The van der Waals surface area contributed by atoms with Crippen molar-refractivity contribution in [2.24, 2.45) is 0 Å². The normalized spacial score (nSPS) is 12.1. The fourth-order valence-electron chi connectivity index (χ4n) is 2.34. The number of fused-ring (bicyclic) bond motifs is 1. The van der Waals surface area contributed by atoms with Crippen molar-refractivity contribution in [2.75, 3.05) is 12.4 Å². The maximum atomic E-state index is 12.5. The maximum absolute atomic E-state index is 12.5. The fraction of sp³-hybridized carbons (Fsp3) is 0.222. The lowest BCUT2D eigenvalue weighted by Gasteiger charge is -2.20. The van der Waals surface area contributed by atoms with Crippen LogP contribution in [-0.4, -0.2) is 36.7 Å². The molecule has 0 bridgehead atoms. The van der Waals surface area contributed by atoms with E-state index in [1.165, 1.54) is 47.0 Å². The second kappa shape index (κ2) is 7.67. The van der Waals surface area contributed by atoms with Gasteiger partial charge in [-0.1, -0.05) is 27.3 Å². The van der Waals surface area contributed by atoms with Gasteiger partial charge in [0.15, 0.2) is 5.13 Å². The average Bonchev–Trinajstić information content (AvgIpc) is 3.02. The van der Waals surface area contributed by atoms with Gasteiger partial charge in [-0.05, 0) is 56.3 Å². The van der Waals surface area contributed by atoms with Gasteiger partial charge in [-0.15, -0.1) is 0 Å². The number of sulfonamides is 1. The molecule has 0 atom stereocenters. The summed E-state index contributed by atoms with van der Waals surface area (Å²) in [7, 11) is -2.04. The zero-order chi connectivity index (χ0) is 19.8. The number of carbonyl (C=O) groups is 1. The summed E-state index contributed by atoms with van der Waals surface area (Å²) in [6.45, 7) is 3.60. The zero-order valence-corrected chi connectivity index (χ0v) is 18.2. The number of amides is 1.